The molecule has 0 aliphatic carbocycles. The number of hydrogen-bond acceptors (Lipinski definition) is 10. The van der Waals surface area contributed by atoms with Gasteiger partial charge in [-0.15, -0.1) is 11.8 Å². The lowest BCUT2D eigenvalue weighted by Gasteiger charge is -2.55. The molecule has 1 N–H and O–H groups in total. The number of hydrazine groups is 1. The Hall–Kier alpha value is -3.58. The van der Waals surface area contributed by atoms with Gasteiger partial charge in [0, 0.05) is 29.0 Å². The summed E-state index contributed by atoms with van der Waals surface area (Å²) in [6.07, 6.45) is 0.263. The van der Waals surface area contributed by atoms with E-state index in [-0.39, 0.29) is 42.9 Å². The Kier molecular flexibility index (Phi) is 7.41. The Bertz CT molecular complexity index is 1390. The zero-order valence-electron chi connectivity index (χ0n) is 21.7. The average Bonchev–Trinajstić information content (AvgIpc) is 3.13. The van der Waals surface area contributed by atoms with E-state index in [2.05, 4.69) is 0 Å². The largest absolute Gasteiger partial charge is 0.511 e. The molecule has 3 atom stereocenters. The molecule has 4 aliphatic rings. The number of hydrogen-bond donors (Lipinski definition) is 1. The number of fused-ring (bicyclic) bond motifs is 4. The van der Waals surface area contributed by atoms with Crippen LogP contribution in [0.5, 0.6) is 0 Å². The summed E-state index contributed by atoms with van der Waals surface area (Å²) in [5, 5.41) is 14.4. The van der Waals surface area contributed by atoms with E-state index in [9.17, 15) is 14.7 Å². The minimum atomic E-state index is -1.28. The van der Waals surface area contributed by atoms with Crippen molar-refractivity contribution in [2.75, 3.05) is 33.2 Å². The minimum absolute atomic E-state index is 0.0490. The highest BCUT2D eigenvalue weighted by Gasteiger charge is 2.51. The van der Waals surface area contributed by atoms with Crippen LogP contribution in [0.4, 0.5) is 9.18 Å². The van der Waals surface area contributed by atoms with Gasteiger partial charge in [0.15, 0.2) is 11.5 Å². The normalized spacial score (nSPS) is 24.0. The predicted octanol–water partition coefficient (Wildman–Crippen LogP) is 3.49. The molecule has 0 aromatic heterocycles. The molecular weight excluding hydrogens is 541 g/mol. The van der Waals surface area contributed by atoms with E-state index in [1.165, 1.54) is 12.1 Å². The number of thioether (sulfide) groups is 1. The maximum atomic E-state index is 15.8. The number of aliphatic hydroxyl groups is 1. The van der Waals surface area contributed by atoms with Gasteiger partial charge in [-0.1, -0.05) is 30.3 Å². The van der Waals surface area contributed by atoms with Gasteiger partial charge in [-0.2, -0.15) is 5.01 Å². The SMILES string of the molecule is CCOC(=O)OCOC1=C2C(=O)N3CCOCC3N([C@@H]3c4ccccc4SCc4cccc(F)c43)N2C=CC1O. The van der Waals surface area contributed by atoms with E-state index in [0.29, 0.717) is 17.9 Å². The van der Waals surface area contributed by atoms with E-state index in [4.69, 9.17) is 18.9 Å². The molecule has 2 aromatic carbocycles. The van der Waals surface area contributed by atoms with E-state index < -0.39 is 31.3 Å². The van der Waals surface area contributed by atoms with Crippen molar-refractivity contribution < 1.29 is 38.0 Å². The average molecular weight is 570 g/mol. The van der Waals surface area contributed by atoms with Crippen LogP contribution in [0.1, 0.15) is 29.7 Å². The summed E-state index contributed by atoms with van der Waals surface area (Å²) >= 11 is 1.63. The van der Waals surface area contributed by atoms with Crippen molar-refractivity contribution >= 4 is 23.8 Å². The Morgan fingerprint density at radius 1 is 1.20 bits per heavy atom. The summed E-state index contributed by atoms with van der Waals surface area (Å²) in [7, 11) is 0. The van der Waals surface area contributed by atoms with Crippen molar-refractivity contribution in [3.05, 3.63) is 88.7 Å². The topological polar surface area (TPSA) is 101 Å². The minimum Gasteiger partial charge on any atom is -0.456 e. The van der Waals surface area contributed by atoms with E-state index in [0.717, 1.165) is 16.0 Å². The number of rotatable bonds is 5. The molecule has 2 fully saturated rings. The zero-order chi connectivity index (χ0) is 27.8. The molecule has 1 amide bonds. The molecule has 10 nitrogen and oxygen atoms in total. The smallest absolute Gasteiger partial charge is 0.456 e. The van der Waals surface area contributed by atoms with Crippen LogP contribution in [0.2, 0.25) is 0 Å². The highest BCUT2D eigenvalue weighted by Crippen LogP contribution is 2.47. The second-order valence-corrected chi connectivity index (χ2v) is 10.4. The first-order valence-corrected chi connectivity index (χ1v) is 14.0. The summed E-state index contributed by atoms with van der Waals surface area (Å²) < 4.78 is 37.0. The fourth-order valence-corrected chi connectivity index (χ4v) is 6.57. The molecule has 2 saturated heterocycles. The summed E-state index contributed by atoms with van der Waals surface area (Å²) in [6, 6.07) is 12.3. The molecular formula is C28H28FN3O7S. The Morgan fingerprint density at radius 3 is 2.90 bits per heavy atom. The Balaban J connectivity index is 1.49. The summed E-state index contributed by atoms with van der Waals surface area (Å²) in [5.41, 5.74) is 2.28. The number of benzene rings is 2. The molecule has 12 heteroatoms. The van der Waals surface area contributed by atoms with Crippen LogP contribution in [0.15, 0.2) is 71.1 Å². The number of carbonyl (C=O) groups is 2. The van der Waals surface area contributed by atoms with Gasteiger partial charge in [0.05, 0.1) is 25.9 Å². The zero-order valence-corrected chi connectivity index (χ0v) is 22.5. The molecule has 0 saturated carbocycles. The first-order valence-electron chi connectivity index (χ1n) is 13.0. The number of amides is 1. The molecule has 40 heavy (non-hydrogen) atoms. The van der Waals surface area contributed by atoms with Crippen LogP contribution >= 0.6 is 11.8 Å². The van der Waals surface area contributed by atoms with Crippen molar-refractivity contribution in [1.82, 2.24) is 14.9 Å². The molecule has 2 unspecified atom stereocenters. The molecule has 6 rings (SSSR count). The third-order valence-corrected chi connectivity index (χ3v) is 8.33. The fourth-order valence-electron chi connectivity index (χ4n) is 5.49. The monoisotopic (exact) mass is 569 g/mol. The van der Waals surface area contributed by atoms with Crippen molar-refractivity contribution in [2.45, 2.75) is 35.9 Å². The van der Waals surface area contributed by atoms with Gasteiger partial charge in [0.2, 0.25) is 6.79 Å². The summed E-state index contributed by atoms with van der Waals surface area (Å²) in [5.74, 6) is -0.249. The molecule has 0 spiro atoms. The van der Waals surface area contributed by atoms with Gasteiger partial charge in [0.1, 0.15) is 18.1 Å². The van der Waals surface area contributed by atoms with E-state index in [1.807, 2.05) is 35.3 Å². The number of aliphatic hydroxyl groups excluding tert-OH is 1. The number of halogens is 1. The van der Waals surface area contributed by atoms with Crippen LogP contribution in [0.25, 0.3) is 0 Å². The highest BCUT2D eigenvalue weighted by molar-refractivity contribution is 7.98. The van der Waals surface area contributed by atoms with Crippen molar-refractivity contribution in [3.63, 3.8) is 0 Å². The number of ether oxygens (including phenoxy) is 4. The third kappa shape index (κ3) is 4.60. The van der Waals surface area contributed by atoms with Gasteiger partial charge in [-0.05, 0) is 36.3 Å². The molecule has 4 aliphatic heterocycles. The fraction of sp³-hybridized carbons (Fsp3) is 0.357. The van der Waals surface area contributed by atoms with Crippen LogP contribution in [0, 0.1) is 5.82 Å². The second kappa shape index (κ2) is 11.1. The first kappa shape index (κ1) is 26.6. The van der Waals surface area contributed by atoms with Gasteiger partial charge in [-0.25, -0.2) is 9.18 Å². The summed E-state index contributed by atoms with van der Waals surface area (Å²) in [6.45, 7) is 2.00. The number of morpholine rings is 1. The lowest BCUT2D eigenvalue weighted by atomic mass is 9.92. The molecule has 0 radical (unpaired) electrons. The Labute approximate surface area is 234 Å². The predicted molar refractivity (Wildman–Crippen MR) is 140 cm³/mol. The number of nitrogens with zero attached hydrogens (tertiary/aromatic N) is 3. The van der Waals surface area contributed by atoms with Gasteiger partial charge >= 0.3 is 6.16 Å². The van der Waals surface area contributed by atoms with Crippen LogP contribution in [-0.2, 0) is 29.5 Å². The number of carbonyl (C=O) groups excluding carboxylic acids is 2. The van der Waals surface area contributed by atoms with Crippen LogP contribution in [-0.4, -0.2) is 77.5 Å². The van der Waals surface area contributed by atoms with E-state index in [1.54, 1.807) is 40.9 Å². The maximum absolute atomic E-state index is 15.8. The van der Waals surface area contributed by atoms with Crippen molar-refractivity contribution in [1.29, 1.82) is 0 Å². The third-order valence-electron chi connectivity index (χ3n) is 7.19. The molecule has 4 heterocycles. The van der Waals surface area contributed by atoms with Crippen molar-refractivity contribution in [2.24, 2.45) is 0 Å². The highest BCUT2D eigenvalue weighted by atomic mass is 32.2. The van der Waals surface area contributed by atoms with Gasteiger partial charge < -0.3 is 29.0 Å². The lowest BCUT2D eigenvalue weighted by molar-refractivity contribution is -0.191. The van der Waals surface area contributed by atoms with Gasteiger partial charge in [-0.3, -0.25) is 9.80 Å². The van der Waals surface area contributed by atoms with Gasteiger partial charge in [0.25, 0.3) is 5.91 Å². The molecule has 2 aromatic rings. The lowest BCUT2D eigenvalue weighted by Crippen LogP contribution is -2.68. The molecule has 210 valence electrons. The first-order chi connectivity index (χ1) is 19.5. The van der Waals surface area contributed by atoms with Crippen LogP contribution in [0.3, 0.4) is 0 Å². The van der Waals surface area contributed by atoms with Crippen LogP contribution < -0.4 is 0 Å². The summed E-state index contributed by atoms with van der Waals surface area (Å²) in [4.78, 5) is 28.3. The standard InChI is InChI=1S/C28H28FN3O7S/c1-2-37-28(35)39-16-38-26-20(33)10-11-31-25(26)27(34)30-12-13-36-14-22(30)32(31)24-18-7-3-4-9-21(18)40-15-17-6-5-8-19(29)23(17)24/h3-11,20,22,24,33H,2,12-16H2,1H3/t20?,22?,24-/m1/s1. The van der Waals surface area contributed by atoms with Crippen molar-refractivity contribution in [3.8, 4) is 0 Å². The second-order valence-electron chi connectivity index (χ2n) is 9.41. The quantitative estimate of drug-likeness (QED) is 0.426. The maximum Gasteiger partial charge on any atom is 0.511 e. The van der Waals surface area contributed by atoms with E-state index >= 15 is 4.39 Å². The Morgan fingerprint density at radius 2 is 2.05 bits per heavy atom. The molecule has 0 bridgehead atoms.